The van der Waals surface area contributed by atoms with E-state index in [-0.39, 0.29) is 0 Å². The van der Waals surface area contributed by atoms with Crippen molar-refractivity contribution in [1.29, 1.82) is 0 Å². The van der Waals surface area contributed by atoms with Crippen molar-refractivity contribution in [2.75, 3.05) is 51.7 Å². The monoisotopic (exact) mass is 445 g/mol. The minimum Gasteiger partial charge on any atom is -0.368 e. The number of aromatic nitrogens is 1. The van der Waals surface area contributed by atoms with Gasteiger partial charge in [0, 0.05) is 56.7 Å². The first-order chi connectivity index (χ1) is 16.2. The van der Waals surface area contributed by atoms with E-state index in [2.05, 4.69) is 64.0 Å². The molecule has 0 amide bonds. The molecule has 33 heavy (non-hydrogen) atoms. The first-order valence-corrected chi connectivity index (χ1v) is 13.1. The van der Waals surface area contributed by atoms with Gasteiger partial charge in [-0.15, -0.1) is 0 Å². The summed E-state index contributed by atoms with van der Waals surface area (Å²) in [5, 5.41) is 0. The van der Waals surface area contributed by atoms with Gasteiger partial charge in [0.2, 0.25) is 0 Å². The maximum atomic E-state index is 4.81. The molecule has 4 aliphatic rings. The summed E-state index contributed by atoms with van der Waals surface area (Å²) in [5.41, 5.74) is 7.44. The first kappa shape index (κ1) is 21.6. The third kappa shape index (κ3) is 4.09. The summed E-state index contributed by atoms with van der Waals surface area (Å²) < 4.78 is 0. The molecule has 2 saturated heterocycles. The van der Waals surface area contributed by atoms with Gasteiger partial charge >= 0.3 is 0 Å². The van der Waals surface area contributed by atoms with Crippen LogP contribution in [-0.2, 0) is 19.4 Å². The molecule has 0 unspecified atom stereocenters. The minimum absolute atomic E-state index is 0.454. The number of nitrogens with zero attached hydrogens (tertiary/aromatic N) is 5. The normalized spacial score (nSPS) is 28.0. The lowest BCUT2D eigenvalue weighted by atomic mass is 9.89. The summed E-state index contributed by atoms with van der Waals surface area (Å²) in [7, 11) is 4.64. The zero-order valence-corrected chi connectivity index (χ0v) is 20.4. The molecule has 2 fully saturated rings. The van der Waals surface area contributed by atoms with Gasteiger partial charge in [-0.05, 0) is 88.0 Å². The number of fused-ring (bicyclic) bond motifs is 3. The van der Waals surface area contributed by atoms with E-state index in [0.29, 0.717) is 12.1 Å². The maximum absolute atomic E-state index is 4.81. The van der Waals surface area contributed by atoms with E-state index >= 15 is 0 Å². The maximum Gasteiger partial charge on any atom is 0.0607 e. The molecule has 5 nitrogen and oxygen atoms in total. The Labute approximate surface area is 199 Å². The molecule has 2 aromatic rings. The molecule has 0 spiro atoms. The second kappa shape index (κ2) is 9.01. The van der Waals surface area contributed by atoms with Gasteiger partial charge in [-0.25, -0.2) is 0 Å². The fraction of sp³-hybridized carbons (Fsp3) is 0.607. The van der Waals surface area contributed by atoms with Gasteiger partial charge < -0.3 is 4.90 Å². The highest BCUT2D eigenvalue weighted by Gasteiger charge is 2.34. The molecule has 0 radical (unpaired) electrons. The molecule has 3 aliphatic heterocycles. The van der Waals surface area contributed by atoms with E-state index in [1.54, 1.807) is 5.56 Å². The second-order valence-corrected chi connectivity index (χ2v) is 10.9. The van der Waals surface area contributed by atoms with Crippen LogP contribution in [0.15, 0.2) is 36.5 Å². The lowest BCUT2D eigenvalue weighted by Gasteiger charge is -2.43. The third-order valence-electron chi connectivity index (χ3n) is 8.86. The molecule has 6 rings (SSSR count). The Morgan fingerprint density at radius 1 is 1.03 bits per heavy atom. The molecule has 0 N–H and O–H groups in total. The van der Waals surface area contributed by atoms with Crippen molar-refractivity contribution >= 4 is 5.69 Å². The Hall–Kier alpha value is -1.95. The van der Waals surface area contributed by atoms with E-state index in [4.69, 9.17) is 4.98 Å². The van der Waals surface area contributed by atoms with Crippen molar-refractivity contribution in [1.82, 2.24) is 19.7 Å². The minimum atomic E-state index is 0.454. The van der Waals surface area contributed by atoms with E-state index in [1.165, 1.54) is 80.8 Å². The molecule has 4 heterocycles. The van der Waals surface area contributed by atoms with Crippen LogP contribution in [0.5, 0.6) is 0 Å². The number of rotatable bonds is 4. The van der Waals surface area contributed by atoms with E-state index in [0.717, 1.165) is 25.6 Å². The second-order valence-electron chi connectivity index (χ2n) is 10.9. The van der Waals surface area contributed by atoms with Crippen LogP contribution in [0.25, 0.3) is 0 Å². The van der Waals surface area contributed by atoms with Crippen molar-refractivity contribution in [2.24, 2.45) is 0 Å². The number of hydrogen-bond donors (Lipinski definition) is 0. The van der Waals surface area contributed by atoms with Crippen LogP contribution in [-0.4, -0.2) is 78.6 Å². The Kier molecular flexibility index (Phi) is 5.89. The molecule has 0 saturated carbocycles. The van der Waals surface area contributed by atoms with Crippen LogP contribution in [0, 0.1) is 0 Å². The van der Waals surface area contributed by atoms with Gasteiger partial charge in [0.15, 0.2) is 0 Å². The Bertz CT molecular complexity index is 990. The molecule has 0 bridgehead atoms. The summed E-state index contributed by atoms with van der Waals surface area (Å²) in [6, 6.07) is 13.2. The van der Waals surface area contributed by atoms with Crippen LogP contribution in [0.1, 0.15) is 54.1 Å². The Morgan fingerprint density at radius 3 is 2.88 bits per heavy atom. The summed E-state index contributed by atoms with van der Waals surface area (Å²) in [6.07, 6.45) is 9.56. The van der Waals surface area contributed by atoms with Crippen molar-refractivity contribution in [3.05, 3.63) is 58.9 Å². The molecule has 1 aromatic carbocycles. The smallest absolute Gasteiger partial charge is 0.0607 e. The quantitative estimate of drug-likeness (QED) is 0.714. The lowest BCUT2D eigenvalue weighted by molar-refractivity contribution is 0.126. The molecular weight excluding hydrogens is 406 g/mol. The largest absolute Gasteiger partial charge is 0.368 e. The highest BCUT2D eigenvalue weighted by Crippen LogP contribution is 2.36. The summed E-state index contributed by atoms with van der Waals surface area (Å²) >= 11 is 0. The van der Waals surface area contributed by atoms with Gasteiger partial charge in [0.25, 0.3) is 0 Å². The molecular formula is C28H39N5. The first-order valence-electron chi connectivity index (χ1n) is 13.1. The van der Waals surface area contributed by atoms with Crippen LogP contribution in [0.3, 0.4) is 0 Å². The van der Waals surface area contributed by atoms with E-state index in [1.807, 2.05) is 6.20 Å². The topological polar surface area (TPSA) is 25.9 Å². The molecule has 3 atom stereocenters. The van der Waals surface area contributed by atoms with Crippen molar-refractivity contribution < 1.29 is 0 Å². The van der Waals surface area contributed by atoms with E-state index < -0.39 is 0 Å². The number of hydrogen-bond acceptors (Lipinski definition) is 5. The van der Waals surface area contributed by atoms with Gasteiger partial charge in [0.1, 0.15) is 0 Å². The Morgan fingerprint density at radius 2 is 1.94 bits per heavy atom. The van der Waals surface area contributed by atoms with Crippen molar-refractivity contribution in [3.8, 4) is 0 Å². The number of benzene rings is 1. The number of anilines is 1. The summed E-state index contributed by atoms with van der Waals surface area (Å²) in [4.78, 5) is 15.4. The van der Waals surface area contributed by atoms with Crippen molar-refractivity contribution in [3.63, 3.8) is 0 Å². The van der Waals surface area contributed by atoms with Crippen LogP contribution in [0.4, 0.5) is 5.69 Å². The fourth-order valence-corrected chi connectivity index (χ4v) is 6.98. The standard InChI is InChI=1S/C28H39N5/c1-30-18-22-8-4-11-26(33-16-15-32-14-6-10-23(32)20-33)25(22)17-24(30)19-31(2)27-12-3-7-21-9-5-13-29-28(21)27/h4-5,8-9,11,13,23-24,27H,3,6-7,10,12,14-20H2,1-2H3/t23-,24-,27+/m1/s1. The fourth-order valence-electron chi connectivity index (χ4n) is 6.98. The number of aryl methyl sites for hydroxylation is 1. The molecule has 5 heteroatoms. The van der Waals surface area contributed by atoms with Gasteiger partial charge in [-0.1, -0.05) is 18.2 Å². The van der Waals surface area contributed by atoms with Crippen molar-refractivity contribution in [2.45, 2.75) is 63.2 Å². The average molecular weight is 446 g/mol. The van der Waals surface area contributed by atoms with Gasteiger partial charge in [-0.3, -0.25) is 19.7 Å². The van der Waals surface area contributed by atoms with Crippen LogP contribution < -0.4 is 4.90 Å². The highest BCUT2D eigenvalue weighted by atomic mass is 15.3. The SMILES string of the molecule is CN1Cc2cccc(N3CCN4CCC[C@@H]4C3)c2C[C@@H]1CN(C)[C@H]1CCCc2cccnc21. The zero-order chi connectivity index (χ0) is 22.4. The predicted molar refractivity (Wildman–Crippen MR) is 135 cm³/mol. The number of piperazine rings is 1. The molecule has 1 aliphatic carbocycles. The summed E-state index contributed by atoms with van der Waals surface area (Å²) in [6.45, 7) is 7.09. The van der Waals surface area contributed by atoms with Crippen LogP contribution >= 0.6 is 0 Å². The third-order valence-corrected chi connectivity index (χ3v) is 8.86. The zero-order valence-electron chi connectivity index (χ0n) is 20.4. The van der Waals surface area contributed by atoms with E-state index in [9.17, 15) is 0 Å². The number of likely N-dealkylation sites (N-methyl/N-ethyl adjacent to an activating group) is 2. The molecule has 176 valence electrons. The highest BCUT2D eigenvalue weighted by molar-refractivity contribution is 5.58. The number of pyridine rings is 1. The van der Waals surface area contributed by atoms with Gasteiger partial charge in [0.05, 0.1) is 11.7 Å². The Balaban J connectivity index is 1.21. The van der Waals surface area contributed by atoms with Crippen LogP contribution in [0.2, 0.25) is 0 Å². The summed E-state index contributed by atoms with van der Waals surface area (Å²) in [5.74, 6) is 0. The average Bonchev–Trinajstić information content (AvgIpc) is 3.32. The lowest BCUT2D eigenvalue weighted by Crippen LogP contribution is -2.51. The van der Waals surface area contributed by atoms with Gasteiger partial charge in [-0.2, -0.15) is 0 Å². The predicted octanol–water partition coefficient (Wildman–Crippen LogP) is 3.73. The molecule has 1 aromatic heterocycles.